The first-order valence-corrected chi connectivity index (χ1v) is 5.76. The molecule has 0 aromatic heterocycles. The van der Waals surface area contributed by atoms with Crippen molar-refractivity contribution in [1.82, 2.24) is 5.32 Å². The van der Waals surface area contributed by atoms with Gasteiger partial charge in [0.05, 0.1) is 12.7 Å². The summed E-state index contributed by atoms with van der Waals surface area (Å²) >= 11 is 0. The molecule has 1 fully saturated rings. The number of rotatable bonds is 5. The van der Waals surface area contributed by atoms with Crippen LogP contribution in [0, 0.1) is 0 Å². The Kier molecular flexibility index (Phi) is 5.88. The van der Waals surface area contributed by atoms with Gasteiger partial charge >= 0.3 is 0 Å². The van der Waals surface area contributed by atoms with E-state index in [1.54, 1.807) is 0 Å². The van der Waals surface area contributed by atoms with Crippen LogP contribution in [0.4, 0.5) is 0 Å². The van der Waals surface area contributed by atoms with E-state index in [2.05, 4.69) is 11.9 Å². The zero-order valence-corrected chi connectivity index (χ0v) is 9.35. The summed E-state index contributed by atoms with van der Waals surface area (Å²) in [6.07, 6.45) is 8.42. The van der Waals surface area contributed by atoms with E-state index in [0.29, 0.717) is 6.10 Å². The summed E-state index contributed by atoms with van der Waals surface area (Å²) in [5.41, 5.74) is 1.15. The van der Waals surface area contributed by atoms with Crippen molar-refractivity contribution < 1.29 is 4.74 Å². The van der Waals surface area contributed by atoms with Crippen molar-refractivity contribution in [2.24, 2.45) is 0 Å². The Morgan fingerprint density at radius 3 is 2.50 bits per heavy atom. The van der Waals surface area contributed by atoms with Crippen LogP contribution in [-0.4, -0.2) is 26.3 Å². The molecular weight excluding hydrogens is 174 g/mol. The van der Waals surface area contributed by atoms with E-state index in [4.69, 9.17) is 4.74 Å². The normalized spacial score (nSPS) is 19.2. The molecule has 0 bridgehead atoms. The van der Waals surface area contributed by atoms with Crippen molar-refractivity contribution in [1.29, 1.82) is 0 Å². The molecule has 1 rings (SSSR count). The fourth-order valence-corrected chi connectivity index (χ4v) is 1.95. The van der Waals surface area contributed by atoms with Gasteiger partial charge in [-0.15, -0.1) is 0 Å². The molecule has 1 aliphatic carbocycles. The van der Waals surface area contributed by atoms with Gasteiger partial charge in [-0.2, -0.15) is 0 Å². The van der Waals surface area contributed by atoms with Crippen molar-refractivity contribution in [3.05, 3.63) is 12.2 Å². The number of hydrogen-bond donors (Lipinski definition) is 1. The fourth-order valence-electron chi connectivity index (χ4n) is 1.95. The van der Waals surface area contributed by atoms with Gasteiger partial charge in [-0.05, 0) is 25.5 Å². The Hall–Kier alpha value is -0.340. The molecule has 0 aromatic rings. The van der Waals surface area contributed by atoms with Crippen LogP contribution < -0.4 is 5.32 Å². The standard InChI is InChI=1S/C12H23NO/c1-11(9-13-2)10-14-12-7-5-3-4-6-8-12/h12-13H,1,3-10H2,2H3. The SMILES string of the molecule is C=C(CNC)COC1CCCCCC1. The van der Waals surface area contributed by atoms with Crippen LogP contribution >= 0.6 is 0 Å². The van der Waals surface area contributed by atoms with Crippen molar-refractivity contribution in [2.75, 3.05) is 20.2 Å². The van der Waals surface area contributed by atoms with E-state index in [0.717, 1.165) is 18.7 Å². The van der Waals surface area contributed by atoms with Gasteiger partial charge < -0.3 is 10.1 Å². The summed E-state index contributed by atoms with van der Waals surface area (Å²) in [7, 11) is 1.94. The molecule has 0 atom stereocenters. The van der Waals surface area contributed by atoms with E-state index < -0.39 is 0 Å². The number of nitrogens with one attached hydrogen (secondary N) is 1. The molecule has 2 nitrogen and oxygen atoms in total. The molecule has 82 valence electrons. The lowest BCUT2D eigenvalue weighted by Crippen LogP contribution is -2.18. The van der Waals surface area contributed by atoms with Gasteiger partial charge in [-0.1, -0.05) is 32.3 Å². The first-order chi connectivity index (χ1) is 6.83. The summed E-state index contributed by atoms with van der Waals surface area (Å²) in [5, 5.41) is 3.09. The van der Waals surface area contributed by atoms with Crippen molar-refractivity contribution in [3.8, 4) is 0 Å². The minimum Gasteiger partial charge on any atom is -0.374 e. The van der Waals surface area contributed by atoms with Gasteiger partial charge in [0.25, 0.3) is 0 Å². The second-order valence-corrected chi connectivity index (χ2v) is 4.20. The molecule has 0 heterocycles. The maximum absolute atomic E-state index is 5.84. The Morgan fingerprint density at radius 2 is 1.93 bits per heavy atom. The van der Waals surface area contributed by atoms with E-state index in [1.165, 1.54) is 38.5 Å². The Morgan fingerprint density at radius 1 is 1.29 bits per heavy atom. The van der Waals surface area contributed by atoms with E-state index in [1.807, 2.05) is 7.05 Å². The third-order valence-electron chi connectivity index (χ3n) is 2.75. The van der Waals surface area contributed by atoms with E-state index >= 15 is 0 Å². The average Bonchev–Trinajstić information content (AvgIpc) is 2.43. The maximum Gasteiger partial charge on any atom is 0.0690 e. The molecule has 0 amide bonds. The van der Waals surface area contributed by atoms with Crippen LogP contribution in [0.5, 0.6) is 0 Å². The molecule has 0 spiro atoms. The second-order valence-electron chi connectivity index (χ2n) is 4.20. The number of hydrogen-bond acceptors (Lipinski definition) is 2. The lowest BCUT2D eigenvalue weighted by Gasteiger charge is -2.16. The minimum atomic E-state index is 0.492. The minimum absolute atomic E-state index is 0.492. The molecular formula is C12H23NO. The molecule has 0 radical (unpaired) electrons. The first kappa shape index (κ1) is 11.7. The van der Waals surface area contributed by atoms with E-state index in [-0.39, 0.29) is 0 Å². The Labute approximate surface area is 87.7 Å². The fraction of sp³-hybridized carbons (Fsp3) is 0.833. The maximum atomic E-state index is 5.84. The largest absolute Gasteiger partial charge is 0.374 e. The Bertz CT molecular complexity index is 160. The lowest BCUT2D eigenvalue weighted by atomic mass is 10.1. The van der Waals surface area contributed by atoms with Crippen molar-refractivity contribution in [2.45, 2.75) is 44.6 Å². The van der Waals surface area contributed by atoms with Gasteiger partial charge in [0.2, 0.25) is 0 Å². The molecule has 0 aromatic carbocycles. The summed E-state index contributed by atoms with van der Waals surface area (Å²) in [4.78, 5) is 0. The summed E-state index contributed by atoms with van der Waals surface area (Å²) in [6.45, 7) is 5.56. The molecule has 0 unspecified atom stereocenters. The van der Waals surface area contributed by atoms with Crippen molar-refractivity contribution in [3.63, 3.8) is 0 Å². The first-order valence-electron chi connectivity index (χ1n) is 5.76. The molecule has 0 aliphatic heterocycles. The summed E-state index contributed by atoms with van der Waals surface area (Å²) in [5.74, 6) is 0. The van der Waals surface area contributed by atoms with Crippen LogP contribution in [0.15, 0.2) is 12.2 Å². The monoisotopic (exact) mass is 197 g/mol. The van der Waals surface area contributed by atoms with Crippen LogP contribution in [0.25, 0.3) is 0 Å². The molecule has 0 saturated heterocycles. The quantitative estimate of drug-likeness (QED) is 0.540. The highest BCUT2D eigenvalue weighted by Crippen LogP contribution is 2.19. The average molecular weight is 197 g/mol. The van der Waals surface area contributed by atoms with Crippen LogP contribution in [-0.2, 0) is 4.74 Å². The highest BCUT2D eigenvalue weighted by molar-refractivity contribution is 4.96. The van der Waals surface area contributed by atoms with Gasteiger partial charge in [-0.3, -0.25) is 0 Å². The van der Waals surface area contributed by atoms with Crippen molar-refractivity contribution >= 4 is 0 Å². The van der Waals surface area contributed by atoms with Crippen LogP contribution in [0.3, 0.4) is 0 Å². The third-order valence-corrected chi connectivity index (χ3v) is 2.75. The predicted octanol–water partition coefficient (Wildman–Crippen LogP) is 2.50. The van der Waals surface area contributed by atoms with E-state index in [9.17, 15) is 0 Å². The van der Waals surface area contributed by atoms with Gasteiger partial charge in [0, 0.05) is 6.54 Å². The second kappa shape index (κ2) is 7.02. The number of likely N-dealkylation sites (N-methyl/N-ethyl adjacent to an activating group) is 1. The van der Waals surface area contributed by atoms with Crippen LogP contribution in [0.2, 0.25) is 0 Å². The number of ether oxygens (including phenoxy) is 1. The summed E-state index contributed by atoms with van der Waals surface area (Å²) < 4.78 is 5.84. The third kappa shape index (κ3) is 4.77. The highest BCUT2D eigenvalue weighted by atomic mass is 16.5. The summed E-state index contributed by atoms with van der Waals surface area (Å²) in [6, 6.07) is 0. The van der Waals surface area contributed by atoms with Crippen LogP contribution in [0.1, 0.15) is 38.5 Å². The van der Waals surface area contributed by atoms with Gasteiger partial charge in [0.1, 0.15) is 0 Å². The smallest absolute Gasteiger partial charge is 0.0690 e. The zero-order chi connectivity index (χ0) is 10.2. The molecule has 1 N–H and O–H groups in total. The molecule has 14 heavy (non-hydrogen) atoms. The van der Waals surface area contributed by atoms with Gasteiger partial charge in [0.15, 0.2) is 0 Å². The molecule has 1 saturated carbocycles. The predicted molar refractivity (Wildman–Crippen MR) is 60.5 cm³/mol. The lowest BCUT2D eigenvalue weighted by molar-refractivity contribution is 0.0583. The molecule has 2 heteroatoms. The molecule has 1 aliphatic rings. The highest BCUT2D eigenvalue weighted by Gasteiger charge is 2.12. The zero-order valence-electron chi connectivity index (χ0n) is 9.35. The van der Waals surface area contributed by atoms with Gasteiger partial charge in [-0.25, -0.2) is 0 Å². The topological polar surface area (TPSA) is 21.3 Å². The Balaban J connectivity index is 2.12.